The molecule has 7 heteroatoms. The molecule has 0 aromatic rings. The van der Waals surface area contributed by atoms with Crippen molar-refractivity contribution >= 4 is 13.3 Å². The Morgan fingerprint density at radius 3 is 2.33 bits per heavy atom. The van der Waals surface area contributed by atoms with Crippen LogP contribution in [0.3, 0.4) is 0 Å². The summed E-state index contributed by atoms with van der Waals surface area (Å²) in [5.41, 5.74) is 11.9. The lowest BCUT2D eigenvalue weighted by Gasteiger charge is -2.18. The highest BCUT2D eigenvalue weighted by Crippen LogP contribution is 2.28. The summed E-state index contributed by atoms with van der Waals surface area (Å²) in [5, 5.41) is 17.3. The smallest absolute Gasteiger partial charge is 0.427 e. The number of carbonyl (C=O) groups excluding carboxylic acids is 2. The van der Waals surface area contributed by atoms with Crippen molar-refractivity contribution < 1.29 is 19.6 Å². The Hall–Kier alpha value is -0.715. The fourth-order valence-corrected chi connectivity index (χ4v) is 2.38. The van der Waals surface area contributed by atoms with Crippen LogP contribution in [0.2, 0.25) is 6.32 Å². The maximum atomic E-state index is 8.67. The van der Waals surface area contributed by atoms with Gasteiger partial charge in [-0.2, -0.15) is 9.59 Å². The molecule has 0 aromatic heterocycles. The van der Waals surface area contributed by atoms with E-state index in [0.717, 1.165) is 38.5 Å². The maximum absolute atomic E-state index is 8.67. The highest BCUT2D eigenvalue weighted by atomic mass is 16.4. The molecule has 1 aliphatic rings. The quantitative estimate of drug-likeness (QED) is 0.376. The van der Waals surface area contributed by atoms with Gasteiger partial charge in [0.1, 0.15) is 0 Å². The van der Waals surface area contributed by atoms with Crippen LogP contribution in [0.15, 0.2) is 0 Å². The zero-order chi connectivity index (χ0) is 14.0. The van der Waals surface area contributed by atoms with Crippen molar-refractivity contribution in [3.05, 3.63) is 0 Å². The summed E-state index contributed by atoms with van der Waals surface area (Å²) in [5.74, 6) is 0.582. The average molecular weight is 258 g/mol. The largest absolute Gasteiger partial charge is 0.451 e. The molecule has 0 radical (unpaired) electrons. The van der Waals surface area contributed by atoms with Crippen LogP contribution in [0, 0.1) is 5.92 Å². The van der Waals surface area contributed by atoms with E-state index in [0.29, 0.717) is 18.3 Å². The lowest BCUT2D eigenvalue weighted by molar-refractivity contribution is -0.191. The molecule has 1 aliphatic carbocycles. The van der Waals surface area contributed by atoms with Crippen LogP contribution >= 0.6 is 0 Å². The molecule has 1 saturated carbocycles. The monoisotopic (exact) mass is 258 g/mol. The standard InChI is InChI=1S/C10H23BN2O2.CO2/c12-9-5-4-8(7-9)10(13)3-1-2-6-11(14)15;2-1-3/h8-10,14-15H,1-7,12-13H2;/t8-,9?,10?;/m0./s1. The highest BCUT2D eigenvalue weighted by Gasteiger charge is 2.26. The lowest BCUT2D eigenvalue weighted by atomic mass is 9.82. The van der Waals surface area contributed by atoms with Crippen molar-refractivity contribution in [3.63, 3.8) is 0 Å². The predicted molar refractivity (Wildman–Crippen MR) is 67.1 cm³/mol. The molecule has 1 fully saturated rings. The Morgan fingerprint density at radius 1 is 1.28 bits per heavy atom. The Bertz CT molecular complexity index is 247. The van der Waals surface area contributed by atoms with E-state index in [1.807, 2.05) is 0 Å². The number of nitrogens with two attached hydrogens (primary N) is 2. The molecule has 1 rings (SSSR count). The van der Waals surface area contributed by atoms with Gasteiger partial charge in [0, 0.05) is 12.1 Å². The molecule has 0 bridgehead atoms. The number of hydrogen-bond donors (Lipinski definition) is 4. The van der Waals surface area contributed by atoms with Crippen molar-refractivity contribution in [2.24, 2.45) is 17.4 Å². The van der Waals surface area contributed by atoms with E-state index in [4.69, 9.17) is 31.1 Å². The van der Waals surface area contributed by atoms with E-state index in [1.165, 1.54) is 0 Å². The summed E-state index contributed by atoms with van der Waals surface area (Å²) >= 11 is 0. The van der Waals surface area contributed by atoms with Gasteiger partial charge in [-0.05, 0) is 37.9 Å². The van der Waals surface area contributed by atoms with Crippen LogP contribution in [0.5, 0.6) is 0 Å². The third kappa shape index (κ3) is 8.39. The second-order valence-electron chi connectivity index (χ2n) is 4.85. The third-order valence-electron chi connectivity index (χ3n) is 3.37. The molecule has 6 nitrogen and oxygen atoms in total. The molecule has 0 aliphatic heterocycles. The Morgan fingerprint density at radius 2 is 1.89 bits per heavy atom. The van der Waals surface area contributed by atoms with Gasteiger partial charge in [0.25, 0.3) is 0 Å². The molecular formula is C11H23BN2O4. The van der Waals surface area contributed by atoms with Crippen molar-refractivity contribution in [1.29, 1.82) is 0 Å². The van der Waals surface area contributed by atoms with E-state index in [2.05, 4.69) is 0 Å². The molecule has 6 N–H and O–H groups in total. The van der Waals surface area contributed by atoms with E-state index >= 15 is 0 Å². The van der Waals surface area contributed by atoms with Gasteiger partial charge in [-0.15, -0.1) is 0 Å². The number of rotatable bonds is 6. The molecule has 0 heterocycles. The molecule has 0 aromatic carbocycles. The normalized spacial score (nSPS) is 23.8. The van der Waals surface area contributed by atoms with Gasteiger partial charge in [-0.3, -0.25) is 0 Å². The molecule has 18 heavy (non-hydrogen) atoms. The van der Waals surface area contributed by atoms with Crippen molar-refractivity contribution in [3.8, 4) is 0 Å². The van der Waals surface area contributed by atoms with Crippen molar-refractivity contribution in [2.75, 3.05) is 0 Å². The zero-order valence-corrected chi connectivity index (χ0v) is 10.6. The predicted octanol–water partition coefficient (Wildman–Crippen LogP) is -0.499. The van der Waals surface area contributed by atoms with Crippen molar-refractivity contribution in [2.45, 2.75) is 56.9 Å². The fourth-order valence-electron chi connectivity index (χ4n) is 2.38. The first-order chi connectivity index (χ1) is 8.51. The molecule has 3 atom stereocenters. The van der Waals surface area contributed by atoms with Crippen molar-refractivity contribution in [1.82, 2.24) is 0 Å². The summed E-state index contributed by atoms with van der Waals surface area (Å²) < 4.78 is 0. The van der Waals surface area contributed by atoms with Gasteiger partial charge in [-0.1, -0.05) is 12.8 Å². The van der Waals surface area contributed by atoms with E-state index in [1.54, 1.807) is 0 Å². The number of unbranched alkanes of at least 4 members (excludes halogenated alkanes) is 1. The fraction of sp³-hybridized carbons (Fsp3) is 0.909. The summed E-state index contributed by atoms with van der Waals surface area (Å²) in [6.07, 6.45) is 6.82. The van der Waals surface area contributed by atoms with Gasteiger partial charge >= 0.3 is 13.3 Å². The molecule has 0 spiro atoms. The van der Waals surface area contributed by atoms with Crippen LogP contribution in [0.4, 0.5) is 0 Å². The van der Waals surface area contributed by atoms with Crippen LogP contribution in [-0.4, -0.2) is 35.4 Å². The topological polar surface area (TPSA) is 127 Å². The van der Waals surface area contributed by atoms with E-state index in [-0.39, 0.29) is 12.2 Å². The summed E-state index contributed by atoms with van der Waals surface area (Å²) in [6.45, 7) is 0. The summed E-state index contributed by atoms with van der Waals surface area (Å²) in [4.78, 5) is 16.2. The third-order valence-corrected chi connectivity index (χ3v) is 3.37. The van der Waals surface area contributed by atoms with Crippen LogP contribution in [-0.2, 0) is 9.59 Å². The minimum absolute atomic E-state index is 0.245. The molecule has 0 saturated heterocycles. The molecular weight excluding hydrogens is 235 g/mol. The lowest BCUT2D eigenvalue weighted by Crippen LogP contribution is -2.29. The second-order valence-corrected chi connectivity index (χ2v) is 4.85. The van der Waals surface area contributed by atoms with Gasteiger partial charge in [-0.25, -0.2) is 0 Å². The first kappa shape index (κ1) is 17.3. The minimum Gasteiger partial charge on any atom is -0.427 e. The van der Waals surface area contributed by atoms with Crippen LogP contribution < -0.4 is 11.5 Å². The summed E-state index contributed by atoms with van der Waals surface area (Å²) in [6, 6.07) is 0.592. The Balaban J connectivity index is 0.000000873. The maximum Gasteiger partial charge on any atom is 0.451 e. The van der Waals surface area contributed by atoms with Gasteiger partial charge < -0.3 is 21.5 Å². The van der Waals surface area contributed by atoms with E-state index < -0.39 is 7.12 Å². The molecule has 0 amide bonds. The highest BCUT2D eigenvalue weighted by molar-refractivity contribution is 6.40. The van der Waals surface area contributed by atoms with Gasteiger partial charge in [0.15, 0.2) is 0 Å². The molecule has 2 unspecified atom stereocenters. The van der Waals surface area contributed by atoms with Crippen LogP contribution in [0.25, 0.3) is 0 Å². The zero-order valence-electron chi connectivity index (χ0n) is 10.6. The van der Waals surface area contributed by atoms with Crippen LogP contribution in [0.1, 0.15) is 38.5 Å². The Kier molecular flexibility index (Phi) is 9.82. The SMILES string of the molecule is NC1CC[C@H](C(N)CCCCB(O)O)C1.O=C=O. The van der Waals surface area contributed by atoms with E-state index in [9.17, 15) is 0 Å². The number of hydrogen-bond acceptors (Lipinski definition) is 6. The average Bonchev–Trinajstić information content (AvgIpc) is 2.72. The van der Waals surface area contributed by atoms with Gasteiger partial charge in [0.05, 0.1) is 0 Å². The van der Waals surface area contributed by atoms with Gasteiger partial charge in [0.2, 0.25) is 0 Å². The summed E-state index contributed by atoms with van der Waals surface area (Å²) in [7, 11) is -1.17. The first-order valence-electron chi connectivity index (χ1n) is 6.37. The first-order valence-corrected chi connectivity index (χ1v) is 6.37. The molecule has 104 valence electrons. The second kappa shape index (κ2) is 10.2. The Labute approximate surface area is 108 Å². The minimum atomic E-state index is -1.17.